The van der Waals surface area contributed by atoms with Crippen LogP contribution in [0, 0.1) is 5.41 Å². The van der Waals surface area contributed by atoms with Crippen LogP contribution in [0.3, 0.4) is 0 Å². The molecule has 0 aromatic carbocycles. The van der Waals surface area contributed by atoms with Crippen LogP contribution in [0.15, 0.2) is 25.3 Å². The van der Waals surface area contributed by atoms with Gasteiger partial charge in [-0.15, -0.1) is 13.2 Å². The van der Waals surface area contributed by atoms with E-state index in [1.807, 2.05) is 12.2 Å². The third kappa shape index (κ3) is 2.34. The summed E-state index contributed by atoms with van der Waals surface area (Å²) < 4.78 is 0. The van der Waals surface area contributed by atoms with Crippen LogP contribution in [0.2, 0.25) is 0 Å². The molecule has 0 aromatic heterocycles. The average molecular weight is 180 g/mol. The number of urea groups is 1. The Kier molecular flexibility index (Phi) is 3.12. The van der Waals surface area contributed by atoms with Gasteiger partial charge in [-0.1, -0.05) is 12.2 Å². The van der Waals surface area contributed by atoms with Crippen molar-refractivity contribution in [2.45, 2.75) is 12.8 Å². The molecule has 2 amide bonds. The van der Waals surface area contributed by atoms with Crippen LogP contribution >= 0.6 is 0 Å². The van der Waals surface area contributed by atoms with Crippen molar-refractivity contribution in [3.63, 3.8) is 0 Å². The van der Waals surface area contributed by atoms with Gasteiger partial charge in [0.2, 0.25) is 0 Å². The highest BCUT2D eigenvalue weighted by molar-refractivity contribution is 5.74. The molecular weight excluding hydrogens is 164 g/mol. The van der Waals surface area contributed by atoms with Crippen molar-refractivity contribution in [3.8, 4) is 0 Å². The van der Waals surface area contributed by atoms with Crippen LogP contribution in [0.4, 0.5) is 4.79 Å². The SMILES string of the molecule is C=CCC1(CC=C)CNC(=O)NC1. The number of rotatable bonds is 4. The molecule has 72 valence electrons. The van der Waals surface area contributed by atoms with Crippen LogP contribution in [0.1, 0.15) is 12.8 Å². The Morgan fingerprint density at radius 1 is 1.23 bits per heavy atom. The highest BCUT2D eigenvalue weighted by Crippen LogP contribution is 2.27. The van der Waals surface area contributed by atoms with Crippen molar-refractivity contribution in [2.75, 3.05) is 13.1 Å². The summed E-state index contributed by atoms with van der Waals surface area (Å²) in [6.07, 6.45) is 5.57. The molecule has 0 radical (unpaired) electrons. The predicted molar refractivity (Wildman–Crippen MR) is 53.5 cm³/mol. The van der Waals surface area contributed by atoms with E-state index in [4.69, 9.17) is 0 Å². The van der Waals surface area contributed by atoms with Crippen LogP contribution in [-0.2, 0) is 0 Å². The molecule has 3 nitrogen and oxygen atoms in total. The van der Waals surface area contributed by atoms with Crippen LogP contribution in [-0.4, -0.2) is 19.1 Å². The van der Waals surface area contributed by atoms with Gasteiger partial charge in [-0.05, 0) is 12.8 Å². The number of carbonyl (C=O) groups excluding carboxylic acids is 1. The smallest absolute Gasteiger partial charge is 0.314 e. The average Bonchev–Trinajstić information content (AvgIpc) is 2.11. The molecule has 1 aliphatic heterocycles. The van der Waals surface area contributed by atoms with Crippen LogP contribution < -0.4 is 10.6 Å². The molecule has 1 fully saturated rings. The second-order valence-electron chi connectivity index (χ2n) is 3.52. The molecule has 0 unspecified atom stereocenters. The van der Waals surface area contributed by atoms with Crippen LogP contribution in [0.5, 0.6) is 0 Å². The minimum Gasteiger partial charge on any atom is -0.338 e. The molecule has 0 aromatic rings. The Morgan fingerprint density at radius 2 is 1.69 bits per heavy atom. The molecule has 13 heavy (non-hydrogen) atoms. The van der Waals surface area contributed by atoms with Crippen molar-refractivity contribution in [1.29, 1.82) is 0 Å². The summed E-state index contributed by atoms with van der Waals surface area (Å²) >= 11 is 0. The van der Waals surface area contributed by atoms with E-state index in [1.54, 1.807) is 0 Å². The van der Waals surface area contributed by atoms with E-state index >= 15 is 0 Å². The monoisotopic (exact) mass is 180 g/mol. The van der Waals surface area contributed by atoms with Crippen molar-refractivity contribution >= 4 is 6.03 Å². The normalized spacial score (nSPS) is 19.8. The van der Waals surface area contributed by atoms with Crippen molar-refractivity contribution in [3.05, 3.63) is 25.3 Å². The zero-order chi connectivity index (χ0) is 9.73. The van der Waals surface area contributed by atoms with Gasteiger partial charge in [-0.25, -0.2) is 4.79 Å². The lowest BCUT2D eigenvalue weighted by Crippen LogP contribution is -2.54. The molecule has 0 spiro atoms. The maximum absolute atomic E-state index is 10.9. The van der Waals surface area contributed by atoms with Gasteiger partial charge in [-0.3, -0.25) is 0 Å². The Balaban J connectivity index is 2.61. The highest BCUT2D eigenvalue weighted by Gasteiger charge is 2.31. The quantitative estimate of drug-likeness (QED) is 0.631. The van der Waals surface area contributed by atoms with E-state index in [0.29, 0.717) is 13.1 Å². The highest BCUT2D eigenvalue weighted by atomic mass is 16.2. The fraction of sp³-hybridized carbons (Fsp3) is 0.500. The number of hydrogen-bond donors (Lipinski definition) is 2. The minimum atomic E-state index is -0.0799. The second kappa shape index (κ2) is 4.12. The van der Waals surface area contributed by atoms with Gasteiger partial charge in [0.1, 0.15) is 0 Å². The first-order valence-corrected chi connectivity index (χ1v) is 4.46. The zero-order valence-corrected chi connectivity index (χ0v) is 7.81. The molecule has 0 saturated carbocycles. The van der Waals surface area contributed by atoms with E-state index in [-0.39, 0.29) is 11.4 Å². The minimum absolute atomic E-state index is 0.0799. The first-order chi connectivity index (χ1) is 6.22. The summed E-state index contributed by atoms with van der Waals surface area (Å²) in [5, 5.41) is 5.59. The van der Waals surface area contributed by atoms with E-state index in [1.165, 1.54) is 0 Å². The van der Waals surface area contributed by atoms with Gasteiger partial charge < -0.3 is 10.6 Å². The molecule has 1 rings (SSSR count). The first kappa shape index (κ1) is 9.84. The third-order valence-corrected chi connectivity index (χ3v) is 2.40. The van der Waals surface area contributed by atoms with Gasteiger partial charge in [0.25, 0.3) is 0 Å². The molecule has 1 saturated heterocycles. The lowest BCUT2D eigenvalue weighted by molar-refractivity contribution is 0.197. The standard InChI is InChI=1S/C10H16N2O/c1-3-5-10(6-4-2)7-11-9(13)12-8-10/h3-4H,1-2,5-8H2,(H2,11,12,13). The van der Waals surface area contributed by atoms with Gasteiger partial charge in [0.15, 0.2) is 0 Å². The number of nitrogens with one attached hydrogen (secondary N) is 2. The van der Waals surface area contributed by atoms with Gasteiger partial charge >= 0.3 is 6.03 Å². The fourth-order valence-electron chi connectivity index (χ4n) is 1.64. The lowest BCUT2D eigenvalue weighted by Gasteiger charge is -2.36. The number of carbonyl (C=O) groups is 1. The Labute approximate surface area is 78.9 Å². The van der Waals surface area contributed by atoms with E-state index < -0.39 is 0 Å². The lowest BCUT2D eigenvalue weighted by atomic mass is 9.80. The summed E-state index contributed by atoms with van der Waals surface area (Å²) in [5.74, 6) is 0. The van der Waals surface area contributed by atoms with Crippen molar-refractivity contribution < 1.29 is 4.79 Å². The molecule has 2 N–H and O–H groups in total. The van der Waals surface area contributed by atoms with Gasteiger partial charge in [0.05, 0.1) is 0 Å². The predicted octanol–water partition coefficient (Wildman–Crippen LogP) is 1.44. The molecule has 0 aliphatic carbocycles. The summed E-state index contributed by atoms with van der Waals surface area (Å²) in [4.78, 5) is 10.9. The third-order valence-electron chi connectivity index (χ3n) is 2.40. The molecule has 0 atom stereocenters. The Morgan fingerprint density at radius 3 is 2.08 bits per heavy atom. The molecule has 3 heteroatoms. The summed E-state index contributed by atoms with van der Waals surface area (Å²) in [6.45, 7) is 8.86. The molecule has 1 heterocycles. The zero-order valence-electron chi connectivity index (χ0n) is 7.81. The Hall–Kier alpha value is -1.25. The van der Waals surface area contributed by atoms with Crippen molar-refractivity contribution in [2.24, 2.45) is 5.41 Å². The van der Waals surface area contributed by atoms with E-state index in [0.717, 1.165) is 12.8 Å². The fourth-order valence-corrected chi connectivity index (χ4v) is 1.64. The topological polar surface area (TPSA) is 41.1 Å². The Bertz CT molecular complexity index is 201. The first-order valence-electron chi connectivity index (χ1n) is 4.46. The largest absolute Gasteiger partial charge is 0.338 e. The summed E-state index contributed by atoms with van der Waals surface area (Å²) in [5.41, 5.74) is 0.0808. The molecule has 1 aliphatic rings. The van der Waals surface area contributed by atoms with E-state index in [2.05, 4.69) is 23.8 Å². The number of allylic oxidation sites excluding steroid dienone is 2. The van der Waals surface area contributed by atoms with E-state index in [9.17, 15) is 4.79 Å². The summed E-state index contributed by atoms with van der Waals surface area (Å²) in [7, 11) is 0. The molecule has 0 bridgehead atoms. The maximum atomic E-state index is 10.9. The van der Waals surface area contributed by atoms with Crippen LogP contribution in [0.25, 0.3) is 0 Å². The second-order valence-corrected chi connectivity index (χ2v) is 3.52. The van der Waals surface area contributed by atoms with Gasteiger partial charge in [0, 0.05) is 18.5 Å². The number of hydrogen-bond acceptors (Lipinski definition) is 1. The maximum Gasteiger partial charge on any atom is 0.314 e. The van der Waals surface area contributed by atoms with Crippen molar-refractivity contribution in [1.82, 2.24) is 10.6 Å². The van der Waals surface area contributed by atoms with Gasteiger partial charge in [-0.2, -0.15) is 0 Å². The molecular formula is C10H16N2O. The summed E-state index contributed by atoms with van der Waals surface area (Å²) in [6, 6.07) is -0.0799. The number of amides is 2.